The van der Waals surface area contributed by atoms with E-state index in [2.05, 4.69) is 22.0 Å². The Kier molecular flexibility index (Phi) is 3.68. The summed E-state index contributed by atoms with van der Waals surface area (Å²) in [6.45, 7) is 0. The molecule has 0 unspecified atom stereocenters. The van der Waals surface area contributed by atoms with Gasteiger partial charge in [-0.05, 0) is 46.3 Å². The summed E-state index contributed by atoms with van der Waals surface area (Å²) in [5, 5.41) is 9.30. The third kappa shape index (κ3) is 2.79. The van der Waals surface area contributed by atoms with Gasteiger partial charge >= 0.3 is 0 Å². The van der Waals surface area contributed by atoms with E-state index in [4.69, 9.17) is 21.6 Å². The number of hydrogen-bond acceptors (Lipinski definition) is 2. The first-order valence-corrected chi connectivity index (χ1v) is 6.00. The number of nitriles is 1. The Labute approximate surface area is 113 Å². The molecule has 0 radical (unpaired) electrons. The van der Waals surface area contributed by atoms with E-state index in [1.807, 2.05) is 12.1 Å². The summed E-state index contributed by atoms with van der Waals surface area (Å²) in [4.78, 5) is 0. The van der Waals surface area contributed by atoms with Gasteiger partial charge in [0.1, 0.15) is 11.5 Å². The first-order chi connectivity index (χ1) is 8.20. The predicted molar refractivity (Wildman–Crippen MR) is 70.4 cm³/mol. The highest BCUT2D eigenvalue weighted by atomic mass is 79.9. The van der Waals surface area contributed by atoms with Crippen molar-refractivity contribution in [2.24, 2.45) is 0 Å². The van der Waals surface area contributed by atoms with Crippen LogP contribution in [-0.4, -0.2) is 0 Å². The Hall–Kier alpha value is -1.50. The van der Waals surface area contributed by atoms with Crippen molar-refractivity contribution in [1.29, 1.82) is 5.26 Å². The second-order valence-corrected chi connectivity index (χ2v) is 4.55. The summed E-state index contributed by atoms with van der Waals surface area (Å²) >= 11 is 9.34. The van der Waals surface area contributed by atoms with E-state index in [0.717, 1.165) is 4.47 Å². The van der Waals surface area contributed by atoms with Crippen LogP contribution in [0.3, 0.4) is 0 Å². The summed E-state index contributed by atoms with van der Waals surface area (Å²) in [6.07, 6.45) is 0. The molecule has 4 heteroatoms. The smallest absolute Gasteiger partial charge is 0.146 e. The van der Waals surface area contributed by atoms with Gasteiger partial charge in [0.05, 0.1) is 21.1 Å². The number of rotatable bonds is 2. The average Bonchev–Trinajstić information content (AvgIpc) is 2.34. The molecule has 0 N–H and O–H groups in total. The molecule has 0 aliphatic rings. The second-order valence-electron chi connectivity index (χ2n) is 3.29. The third-order valence-corrected chi connectivity index (χ3v) is 3.05. The van der Waals surface area contributed by atoms with Gasteiger partial charge in [-0.1, -0.05) is 23.7 Å². The lowest BCUT2D eigenvalue weighted by Gasteiger charge is -2.08. The molecule has 0 fully saturated rings. The SMILES string of the molecule is N#Cc1ccc(Oc2ccccc2Cl)c(Br)c1. The second kappa shape index (κ2) is 5.22. The zero-order valence-electron chi connectivity index (χ0n) is 8.65. The lowest BCUT2D eigenvalue weighted by atomic mass is 10.2. The minimum atomic E-state index is 0.545. The van der Waals surface area contributed by atoms with Crippen molar-refractivity contribution in [1.82, 2.24) is 0 Å². The Balaban J connectivity index is 2.32. The summed E-state index contributed by atoms with van der Waals surface area (Å²) in [5.74, 6) is 1.21. The van der Waals surface area contributed by atoms with Crippen LogP contribution in [0.25, 0.3) is 0 Å². The molecule has 0 aliphatic heterocycles. The molecule has 2 rings (SSSR count). The van der Waals surface area contributed by atoms with Crippen LogP contribution in [0.15, 0.2) is 46.9 Å². The third-order valence-electron chi connectivity index (χ3n) is 2.12. The monoisotopic (exact) mass is 307 g/mol. The normalized spacial score (nSPS) is 9.71. The molecule has 2 nitrogen and oxygen atoms in total. The maximum Gasteiger partial charge on any atom is 0.146 e. The Morgan fingerprint density at radius 3 is 2.53 bits per heavy atom. The maximum atomic E-state index is 8.75. The minimum Gasteiger partial charge on any atom is -0.455 e. The number of para-hydroxylation sites is 1. The van der Waals surface area contributed by atoms with Crippen LogP contribution in [0.2, 0.25) is 5.02 Å². The lowest BCUT2D eigenvalue weighted by molar-refractivity contribution is 0.480. The van der Waals surface area contributed by atoms with Crippen LogP contribution >= 0.6 is 27.5 Å². The lowest BCUT2D eigenvalue weighted by Crippen LogP contribution is -1.87. The van der Waals surface area contributed by atoms with Gasteiger partial charge in [0.15, 0.2) is 0 Å². The number of benzene rings is 2. The first kappa shape index (κ1) is 12.0. The molecule has 0 heterocycles. The zero-order valence-corrected chi connectivity index (χ0v) is 11.0. The highest BCUT2D eigenvalue weighted by Gasteiger charge is 2.06. The summed E-state index contributed by atoms with van der Waals surface area (Å²) in [5.41, 5.74) is 0.573. The fraction of sp³-hybridized carbons (Fsp3) is 0. The van der Waals surface area contributed by atoms with Gasteiger partial charge in [-0.25, -0.2) is 0 Å². The Morgan fingerprint density at radius 2 is 1.88 bits per heavy atom. The fourth-order valence-electron chi connectivity index (χ4n) is 1.30. The molecule has 17 heavy (non-hydrogen) atoms. The Bertz CT molecular complexity index is 592. The number of nitrogens with zero attached hydrogens (tertiary/aromatic N) is 1. The van der Waals surface area contributed by atoms with Crippen molar-refractivity contribution in [3.05, 3.63) is 57.5 Å². The molecule has 0 amide bonds. The molecule has 0 atom stereocenters. The molecule has 2 aromatic rings. The minimum absolute atomic E-state index is 0.545. The van der Waals surface area contributed by atoms with Gasteiger partial charge in [-0.3, -0.25) is 0 Å². The quantitative estimate of drug-likeness (QED) is 0.801. The van der Waals surface area contributed by atoms with Gasteiger partial charge in [-0.15, -0.1) is 0 Å². The van der Waals surface area contributed by atoms with E-state index >= 15 is 0 Å². The molecule has 0 saturated carbocycles. The Morgan fingerprint density at radius 1 is 1.12 bits per heavy atom. The van der Waals surface area contributed by atoms with Crippen molar-refractivity contribution in [2.45, 2.75) is 0 Å². The highest BCUT2D eigenvalue weighted by Crippen LogP contribution is 2.33. The molecule has 0 bridgehead atoms. The molecule has 0 saturated heterocycles. The van der Waals surface area contributed by atoms with Crippen LogP contribution in [0, 0.1) is 11.3 Å². The van der Waals surface area contributed by atoms with Crippen LogP contribution < -0.4 is 4.74 Å². The fourth-order valence-corrected chi connectivity index (χ4v) is 1.93. The summed E-state index contributed by atoms with van der Waals surface area (Å²) in [7, 11) is 0. The van der Waals surface area contributed by atoms with Gasteiger partial charge < -0.3 is 4.74 Å². The molecule has 0 aromatic heterocycles. The zero-order chi connectivity index (χ0) is 12.3. The van der Waals surface area contributed by atoms with Crippen molar-refractivity contribution < 1.29 is 4.74 Å². The van der Waals surface area contributed by atoms with Crippen molar-refractivity contribution in [2.75, 3.05) is 0 Å². The van der Waals surface area contributed by atoms with Crippen LogP contribution in [0.4, 0.5) is 0 Å². The summed E-state index contributed by atoms with van der Waals surface area (Å²) < 4.78 is 6.37. The van der Waals surface area contributed by atoms with E-state index in [0.29, 0.717) is 22.1 Å². The van der Waals surface area contributed by atoms with Gasteiger partial charge in [0.25, 0.3) is 0 Å². The molecule has 0 aliphatic carbocycles. The summed E-state index contributed by atoms with van der Waals surface area (Å²) in [6, 6.07) is 14.4. The van der Waals surface area contributed by atoms with Crippen LogP contribution in [0.5, 0.6) is 11.5 Å². The maximum absolute atomic E-state index is 8.75. The topological polar surface area (TPSA) is 33.0 Å². The molecular weight excluding hydrogens is 302 g/mol. The van der Waals surface area contributed by atoms with Crippen molar-refractivity contribution >= 4 is 27.5 Å². The molecule has 0 spiro atoms. The van der Waals surface area contributed by atoms with Crippen molar-refractivity contribution in [3.8, 4) is 17.6 Å². The average molecular weight is 309 g/mol. The molecular formula is C13H7BrClNO. The highest BCUT2D eigenvalue weighted by molar-refractivity contribution is 9.10. The molecule has 84 valence electrons. The van der Waals surface area contributed by atoms with E-state index in [-0.39, 0.29) is 0 Å². The first-order valence-electron chi connectivity index (χ1n) is 4.83. The standard InChI is InChI=1S/C13H7BrClNO/c14-10-7-9(8-16)5-6-12(10)17-13-4-2-1-3-11(13)15/h1-7H. The van der Waals surface area contributed by atoms with E-state index in [9.17, 15) is 0 Å². The number of halogens is 2. The van der Waals surface area contributed by atoms with Crippen LogP contribution in [-0.2, 0) is 0 Å². The van der Waals surface area contributed by atoms with Crippen LogP contribution in [0.1, 0.15) is 5.56 Å². The van der Waals surface area contributed by atoms with Gasteiger partial charge in [0, 0.05) is 0 Å². The largest absolute Gasteiger partial charge is 0.455 e. The van der Waals surface area contributed by atoms with Gasteiger partial charge in [0.2, 0.25) is 0 Å². The molecule has 2 aromatic carbocycles. The predicted octanol–water partition coefficient (Wildman–Crippen LogP) is 4.77. The van der Waals surface area contributed by atoms with Crippen molar-refractivity contribution in [3.63, 3.8) is 0 Å². The van der Waals surface area contributed by atoms with E-state index in [1.54, 1.807) is 30.3 Å². The van der Waals surface area contributed by atoms with Gasteiger partial charge in [-0.2, -0.15) is 5.26 Å². The van der Waals surface area contributed by atoms with E-state index in [1.165, 1.54) is 0 Å². The van der Waals surface area contributed by atoms with E-state index < -0.39 is 0 Å². The number of ether oxygens (including phenoxy) is 1. The number of hydrogen-bond donors (Lipinski definition) is 0.